The lowest BCUT2D eigenvalue weighted by Gasteiger charge is -2.19. The number of nitrogens with two attached hydrogens (primary N) is 1. The van der Waals surface area contributed by atoms with Crippen molar-refractivity contribution in [1.82, 2.24) is 14.8 Å². The van der Waals surface area contributed by atoms with Gasteiger partial charge in [-0.2, -0.15) is 18.3 Å². The van der Waals surface area contributed by atoms with Gasteiger partial charge in [-0.1, -0.05) is 48.9 Å². The van der Waals surface area contributed by atoms with Crippen LogP contribution in [0, 0.1) is 6.92 Å². The molecule has 0 fully saturated rings. The van der Waals surface area contributed by atoms with Crippen LogP contribution < -0.4 is 16.4 Å². The minimum absolute atomic E-state index is 0.145. The van der Waals surface area contributed by atoms with Gasteiger partial charge < -0.3 is 16.4 Å². The number of anilines is 3. The van der Waals surface area contributed by atoms with Crippen LogP contribution in [0.3, 0.4) is 0 Å². The molecule has 0 saturated heterocycles. The SMILES string of the molecule is CCC(Nc1cc(C(F)(F)F)ccn1)c1ccc(-c2nn3c(c2C(N)=O)Nc2ccc(C)cc2CC3)cc1. The standard InChI is InChI=1S/C28H27F3N6O/c1-3-21(34-23-15-20(10-12-33-23)28(29,30)31)17-5-7-18(8-6-17)25-24(26(32)38)27-35-22-9-4-16(2)14-19(22)11-13-37(27)36-25/h4-10,12,14-15,21,35H,3,11,13H2,1-2H3,(H2,32,38)(H,33,34). The molecule has 1 atom stereocenters. The van der Waals surface area contributed by atoms with Crippen molar-refractivity contribution in [2.75, 3.05) is 10.6 Å². The Morgan fingerprint density at radius 2 is 1.92 bits per heavy atom. The summed E-state index contributed by atoms with van der Waals surface area (Å²) in [6, 6.07) is 15.2. The smallest absolute Gasteiger partial charge is 0.365 e. The number of fused-ring (bicyclic) bond motifs is 2. The van der Waals surface area contributed by atoms with E-state index in [4.69, 9.17) is 10.8 Å². The van der Waals surface area contributed by atoms with Gasteiger partial charge in [0, 0.05) is 24.0 Å². The van der Waals surface area contributed by atoms with E-state index >= 15 is 0 Å². The average Bonchev–Trinajstić information content (AvgIpc) is 3.16. The second-order valence-corrected chi connectivity index (χ2v) is 9.35. The number of amides is 1. The van der Waals surface area contributed by atoms with E-state index in [-0.39, 0.29) is 11.9 Å². The van der Waals surface area contributed by atoms with E-state index < -0.39 is 17.6 Å². The van der Waals surface area contributed by atoms with Crippen LogP contribution in [0.5, 0.6) is 0 Å². The first kappa shape index (κ1) is 25.3. The monoisotopic (exact) mass is 520 g/mol. The number of carbonyl (C=O) groups is 1. The van der Waals surface area contributed by atoms with Gasteiger partial charge in [0.1, 0.15) is 22.9 Å². The summed E-state index contributed by atoms with van der Waals surface area (Å²) in [5.41, 5.74) is 10.6. The second kappa shape index (κ2) is 9.85. The number of rotatable bonds is 6. The van der Waals surface area contributed by atoms with Crippen molar-refractivity contribution >= 4 is 23.2 Å². The van der Waals surface area contributed by atoms with Crippen LogP contribution in [-0.4, -0.2) is 20.7 Å². The number of benzene rings is 2. The van der Waals surface area contributed by atoms with E-state index in [1.165, 1.54) is 0 Å². The van der Waals surface area contributed by atoms with Gasteiger partial charge in [0.05, 0.1) is 11.6 Å². The fourth-order valence-electron chi connectivity index (χ4n) is 4.75. The lowest BCUT2D eigenvalue weighted by molar-refractivity contribution is -0.137. The number of hydrogen-bond acceptors (Lipinski definition) is 5. The van der Waals surface area contributed by atoms with Crippen molar-refractivity contribution in [2.24, 2.45) is 5.73 Å². The highest BCUT2D eigenvalue weighted by atomic mass is 19.4. The Morgan fingerprint density at radius 3 is 2.61 bits per heavy atom. The Labute approximate surface area is 217 Å². The number of hydrogen-bond donors (Lipinski definition) is 3. The molecule has 5 rings (SSSR count). The van der Waals surface area contributed by atoms with Crippen molar-refractivity contribution < 1.29 is 18.0 Å². The predicted molar refractivity (Wildman–Crippen MR) is 140 cm³/mol. The lowest BCUT2D eigenvalue weighted by Crippen LogP contribution is -2.14. The summed E-state index contributed by atoms with van der Waals surface area (Å²) in [4.78, 5) is 16.6. The van der Waals surface area contributed by atoms with Crippen molar-refractivity contribution in [3.05, 3.63) is 88.6 Å². The first-order valence-electron chi connectivity index (χ1n) is 12.3. The van der Waals surface area contributed by atoms with E-state index in [1.807, 2.05) is 50.2 Å². The molecule has 4 N–H and O–H groups in total. The number of nitrogens with zero attached hydrogens (tertiary/aromatic N) is 3. The van der Waals surface area contributed by atoms with Crippen LogP contribution >= 0.6 is 0 Å². The molecule has 0 spiro atoms. The maximum absolute atomic E-state index is 13.1. The Hall–Kier alpha value is -4.34. The van der Waals surface area contributed by atoms with Crippen LogP contribution in [0.25, 0.3) is 11.3 Å². The largest absolute Gasteiger partial charge is 0.416 e. The molecule has 2 aromatic heterocycles. The minimum atomic E-state index is -4.44. The first-order chi connectivity index (χ1) is 18.1. The van der Waals surface area contributed by atoms with Gasteiger partial charge in [-0.05, 0) is 49.1 Å². The molecule has 1 unspecified atom stereocenters. The van der Waals surface area contributed by atoms with Gasteiger partial charge in [0.15, 0.2) is 0 Å². The number of pyridine rings is 1. The van der Waals surface area contributed by atoms with Crippen molar-refractivity contribution in [3.63, 3.8) is 0 Å². The lowest BCUT2D eigenvalue weighted by atomic mass is 10.00. The molecule has 0 bridgehead atoms. The Balaban J connectivity index is 1.43. The zero-order valence-corrected chi connectivity index (χ0v) is 20.9. The number of alkyl halides is 3. The predicted octanol–water partition coefficient (Wildman–Crippen LogP) is 6.23. The summed E-state index contributed by atoms with van der Waals surface area (Å²) < 4.78 is 41.1. The maximum Gasteiger partial charge on any atom is 0.416 e. The van der Waals surface area contributed by atoms with Crippen molar-refractivity contribution in [2.45, 2.75) is 45.5 Å². The van der Waals surface area contributed by atoms with E-state index in [0.29, 0.717) is 35.6 Å². The van der Waals surface area contributed by atoms with Crippen molar-refractivity contribution in [1.29, 1.82) is 0 Å². The minimum Gasteiger partial charge on any atom is -0.365 e. The zero-order valence-electron chi connectivity index (χ0n) is 20.9. The van der Waals surface area contributed by atoms with E-state index in [9.17, 15) is 18.0 Å². The molecule has 4 aromatic rings. The third-order valence-corrected chi connectivity index (χ3v) is 6.71. The van der Waals surface area contributed by atoms with Gasteiger partial charge in [-0.15, -0.1) is 0 Å². The van der Waals surface area contributed by atoms with Gasteiger partial charge in [0.2, 0.25) is 0 Å². The van der Waals surface area contributed by atoms with Crippen LogP contribution in [0.4, 0.5) is 30.5 Å². The highest BCUT2D eigenvalue weighted by Gasteiger charge is 2.31. The molecule has 0 radical (unpaired) electrons. The number of carbonyl (C=O) groups excluding carboxylic acids is 1. The molecule has 0 saturated carbocycles. The summed E-state index contributed by atoms with van der Waals surface area (Å²) in [5, 5.41) is 11.2. The highest BCUT2D eigenvalue weighted by molar-refractivity contribution is 6.04. The van der Waals surface area contributed by atoms with Gasteiger partial charge in [-0.3, -0.25) is 4.79 Å². The van der Waals surface area contributed by atoms with Gasteiger partial charge in [-0.25, -0.2) is 9.67 Å². The quantitative estimate of drug-likeness (QED) is 0.280. The number of halogens is 3. The number of aromatic nitrogens is 3. The van der Waals surface area contributed by atoms with Crippen LogP contribution in [0.15, 0.2) is 60.8 Å². The average molecular weight is 521 g/mol. The molecule has 7 nitrogen and oxygen atoms in total. The summed E-state index contributed by atoms with van der Waals surface area (Å²) in [5.74, 6) is 0.117. The van der Waals surface area contributed by atoms with Crippen LogP contribution in [0.1, 0.15) is 52.0 Å². The summed E-state index contributed by atoms with van der Waals surface area (Å²) in [6.07, 6.45) is -1.93. The van der Waals surface area contributed by atoms with Gasteiger partial charge >= 0.3 is 6.18 Å². The van der Waals surface area contributed by atoms with Crippen LogP contribution in [-0.2, 0) is 19.1 Å². The molecule has 1 aliphatic rings. The number of primary amides is 1. The Bertz CT molecular complexity index is 1490. The van der Waals surface area contributed by atoms with Crippen molar-refractivity contribution in [3.8, 4) is 11.3 Å². The second-order valence-electron chi connectivity index (χ2n) is 9.35. The molecule has 0 aliphatic carbocycles. The molecular formula is C28H27F3N6O. The molecule has 2 aromatic carbocycles. The fourth-order valence-corrected chi connectivity index (χ4v) is 4.75. The molecule has 1 amide bonds. The normalized spacial score (nSPS) is 13.6. The third-order valence-electron chi connectivity index (χ3n) is 6.71. The fraction of sp³-hybridized carbons (Fsp3) is 0.250. The topological polar surface area (TPSA) is 97.9 Å². The van der Waals surface area contributed by atoms with E-state index in [1.54, 1.807) is 4.68 Å². The Morgan fingerprint density at radius 1 is 1.16 bits per heavy atom. The van der Waals surface area contributed by atoms with Crippen LogP contribution in [0.2, 0.25) is 0 Å². The highest BCUT2D eigenvalue weighted by Crippen LogP contribution is 2.36. The number of aryl methyl sites for hydroxylation is 3. The molecule has 38 heavy (non-hydrogen) atoms. The van der Waals surface area contributed by atoms with Gasteiger partial charge in [0.25, 0.3) is 5.91 Å². The molecule has 3 heterocycles. The molecule has 1 aliphatic heterocycles. The summed E-state index contributed by atoms with van der Waals surface area (Å²) in [6.45, 7) is 4.56. The number of nitrogens with one attached hydrogen (secondary N) is 2. The summed E-state index contributed by atoms with van der Waals surface area (Å²) in [7, 11) is 0. The Kier molecular flexibility index (Phi) is 6.56. The first-order valence-corrected chi connectivity index (χ1v) is 12.3. The third kappa shape index (κ3) is 4.93. The zero-order chi connectivity index (χ0) is 27.0. The maximum atomic E-state index is 13.1. The summed E-state index contributed by atoms with van der Waals surface area (Å²) >= 11 is 0. The molecule has 196 valence electrons. The van der Waals surface area contributed by atoms with E-state index in [2.05, 4.69) is 21.7 Å². The molecule has 10 heteroatoms. The van der Waals surface area contributed by atoms with E-state index in [0.717, 1.165) is 47.1 Å². The molecular weight excluding hydrogens is 493 g/mol.